The Morgan fingerprint density at radius 2 is 1.50 bits per heavy atom. The fourth-order valence-corrected chi connectivity index (χ4v) is 3.09. The molecule has 118 valence electrons. The molecule has 4 rings (SSSR count). The molecular formula is C21H19N3. The van der Waals surface area contributed by atoms with Crippen LogP contribution in [-0.4, -0.2) is 9.55 Å². The number of hydrogen-bond acceptors (Lipinski definition) is 2. The van der Waals surface area contributed by atoms with E-state index in [9.17, 15) is 0 Å². The van der Waals surface area contributed by atoms with Gasteiger partial charge in [-0.3, -0.25) is 0 Å². The molecule has 0 spiro atoms. The monoisotopic (exact) mass is 313 g/mol. The van der Waals surface area contributed by atoms with Crippen LogP contribution in [0.25, 0.3) is 22.4 Å². The first kappa shape index (κ1) is 14.5. The van der Waals surface area contributed by atoms with Crippen molar-refractivity contribution in [1.29, 1.82) is 0 Å². The summed E-state index contributed by atoms with van der Waals surface area (Å²) in [6, 6.07) is 26.7. The number of aromatic nitrogens is 2. The van der Waals surface area contributed by atoms with Crippen molar-refractivity contribution in [2.24, 2.45) is 0 Å². The number of para-hydroxylation sites is 3. The zero-order valence-electron chi connectivity index (χ0n) is 13.4. The van der Waals surface area contributed by atoms with Gasteiger partial charge in [0, 0.05) is 17.8 Å². The fourth-order valence-electron chi connectivity index (χ4n) is 3.09. The SMILES string of the molecule is Nc1ccccc1-c1nc2ccccc2n1CCc1ccccc1. The Balaban J connectivity index is 1.80. The van der Waals surface area contributed by atoms with Gasteiger partial charge in [-0.15, -0.1) is 0 Å². The Hall–Kier alpha value is -3.07. The highest BCUT2D eigenvalue weighted by atomic mass is 15.1. The van der Waals surface area contributed by atoms with E-state index in [1.165, 1.54) is 5.56 Å². The second kappa shape index (κ2) is 6.20. The summed E-state index contributed by atoms with van der Waals surface area (Å²) in [5.41, 5.74) is 11.4. The Morgan fingerprint density at radius 3 is 2.33 bits per heavy atom. The molecule has 0 aliphatic rings. The molecule has 1 heterocycles. The van der Waals surface area contributed by atoms with Crippen LogP contribution in [0.3, 0.4) is 0 Å². The molecule has 0 saturated carbocycles. The zero-order chi connectivity index (χ0) is 16.4. The third-order valence-electron chi connectivity index (χ3n) is 4.32. The van der Waals surface area contributed by atoms with Gasteiger partial charge in [0.25, 0.3) is 0 Å². The molecule has 0 amide bonds. The van der Waals surface area contributed by atoms with E-state index in [4.69, 9.17) is 10.7 Å². The summed E-state index contributed by atoms with van der Waals surface area (Å²) in [6.07, 6.45) is 0.959. The Kier molecular flexibility index (Phi) is 3.75. The van der Waals surface area contributed by atoms with Gasteiger partial charge < -0.3 is 10.3 Å². The second-order valence-electron chi connectivity index (χ2n) is 5.90. The third kappa shape index (κ3) is 2.65. The normalized spacial score (nSPS) is 11.0. The molecule has 24 heavy (non-hydrogen) atoms. The minimum absolute atomic E-state index is 0.758. The standard InChI is InChI=1S/C21H19N3/c22-18-11-5-4-10-17(18)21-23-19-12-6-7-13-20(19)24(21)15-14-16-8-2-1-3-9-16/h1-13H,14-15,22H2. The first-order valence-corrected chi connectivity index (χ1v) is 8.17. The number of hydrogen-bond donors (Lipinski definition) is 1. The van der Waals surface area contributed by atoms with Crippen molar-refractivity contribution in [1.82, 2.24) is 9.55 Å². The maximum Gasteiger partial charge on any atom is 0.143 e. The number of nitrogens with two attached hydrogens (primary N) is 1. The Bertz CT molecular complexity index is 971. The van der Waals surface area contributed by atoms with Crippen LogP contribution in [0.2, 0.25) is 0 Å². The highest BCUT2D eigenvalue weighted by Crippen LogP contribution is 2.29. The van der Waals surface area contributed by atoms with Crippen LogP contribution in [0, 0.1) is 0 Å². The maximum absolute atomic E-state index is 6.20. The number of nitrogens with zero attached hydrogens (tertiary/aromatic N) is 2. The number of fused-ring (bicyclic) bond motifs is 1. The van der Waals surface area contributed by atoms with Crippen molar-refractivity contribution in [3.63, 3.8) is 0 Å². The van der Waals surface area contributed by atoms with Crippen molar-refractivity contribution >= 4 is 16.7 Å². The van der Waals surface area contributed by atoms with Gasteiger partial charge in [0.1, 0.15) is 5.82 Å². The van der Waals surface area contributed by atoms with Crippen LogP contribution < -0.4 is 5.73 Å². The number of imidazole rings is 1. The lowest BCUT2D eigenvalue weighted by molar-refractivity contribution is 0.723. The van der Waals surface area contributed by atoms with E-state index < -0.39 is 0 Å². The summed E-state index contributed by atoms with van der Waals surface area (Å²) in [5.74, 6) is 0.935. The van der Waals surface area contributed by atoms with Gasteiger partial charge in [0.15, 0.2) is 0 Å². The maximum atomic E-state index is 6.20. The van der Waals surface area contributed by atoms with Gasteiger partial charge >= 0.3 is 0 Å². The van der Waals surface area contributed by atoms with Crippen molar-refractivity contribution < 1.29 is 0 Å². The van der Waals surface area contributed by atoms with E-state index in [1.54, 1.807) is 0 Å². The molecule has 2 N–H and O–H groups in total. The lowest BCUT2D eigenvalue weighted by atomic mass is 10.1. The highest BCUT2D eigenvalue weighted by molar-refractivity contribution is 5.83. The summed E-state index contributed by atoms with van der Waals surface area (Å²) in [5, 5.41) is 0. The topological polar surface area (TPSA) is 43.8 Å². The first-order valence-electron chi connectivity index (χ1n) is 8.17. The van der Waals surface area contributed by atoms with Crippen LogP contribution in [0.15, 0.2) is 78.9 Å². The predicted octanol–water partition coefficient (Wildman–Crippen LogP) is 4.53. The number of aryl methyl sites for hydroxylation is 2. The van der Waals surface area contributed by atoms with E-state index in [1.807, 2.05) is 36.4 Å². The van der Waals surface area contributed by atoms with Crippen molar-refractivity contribution in [3.05, 3.63) is 84.4 Å². The van der Waals surface area contributed by atoms with E-state index >= 15 is 0 Å². The van der Waals surface area contributed by atoms with E-state index in [0.717, 1.165) is 41.1 Å². The highest BCUT2D eigenvalue weighted by Gasteiger charge is 2.14. The van der Waals surface area contributed by atoms with E-state index in [2.05, 4.69) is 47.0 Å². The number of nitrogen functional groups attached to an aromatic ring is 1. The summed E-state index contributed by atoms with van der Waals surface area (Å²) in [4.78, 5) is 4.84. The van der Waals surface area contributed by atoms with Crippen molar-refractivity contribution in [3.8, 4) is 11.4 Å². The van der Waals surface area contributed by atoms with E-state index in [-0.39, 0.29) is 0 Å². The smallest absolute Gasteiger partial charge is 0.143 e. The first-order chi connectivity index (χ1) is 11.8. The van der Waals surface area contributed by atoms with Crippen LogP contribution in [0.1, 0.15) is 5.56 Å². The van der Waals surface area contributed by atoms with E-state index in [0.29, 0.717) is 0 Å². The van der Waals surface area contributed by atoms with Crippen LogP contribution >= 0.6 is 0 Å². The average molecular weight is 313 g/mol. The minimum Gasteiger partial charge on any atom is -0.398 e. The average Bonchev–Trinajstić information content (AvgIpc) is 2.99. The summed E-state index contributed by atoms with van der Waals surface area (Å²) in [7, 11) is 0. The molecule has 0 saturated heterocycles. The predicted molar refractivity (Wildman–Crippen MR) is 99.7 cm³/mol. The van der Waals surface area contributed by atoms with Crippen LogP contribution in [0.4, 0.5) is 5.69 Å². The Morgan fingerprint density at radius 1 is 0.792 bits per heavy atom. The van der Waals surface area contributed by atoms with Gasteiger partial charge in [-0.25, -0.2) is 4.98 Å². The molecule has 1 aromatic heterocycles. The summed E-state index contributed by atoms with van der Waals surface area (Å²) in [6.45, 7) is 0.869. The summed E-state index contributed by atoms with van der Waals surface area (Å²) < 4.78 is 2.27. The zero-order valence-corrected chi connectivity index (χ0v) is 13.4. The number of rotatable bonds is 4. The van der Waals surface area contributed by atoms with Crippen molar-refractivity contribution in [2.75, 3.05) is 5.73 Å². The fraction of sp³-hybridized carbons (Fsp3) is 0.0952. The number of benzene rings is 3. The van der Waals surface area contributed by atoms with Crippen LogP contribution in [-0.2, 0) is 13.0 Å². The molecule has 0 unspecified atom stereocenters. The largest absolute Gasteiger partial charge is 0.398 e. The Labute approximate surface area is 141 Å². The third-order valence-corrected chi connectivity index (χ3v) is 4.32. The van der Waals surface area contributed by atoms with Gasteiger partial charge in [0.2, 0.25) is 0 Å². The molecular weight excluding hydrogens is 294 g/mol. The quantitative estimate of drug-likeness (QED) is 0.563. The molecule has 4 aromatic rings. The molecule has 0 aliphatic carbocycles. The molecule has 0 fully saturated rings. The van der Waals surface area contributed by atoms with Gasteiger partial charge in [-0.1, -0.05) is 54.6 Å². The molecule has 0 atom stereocenters. The number of anilines is 1. The lowest BCUT2D eigenvalue weighted by Crippen LogP contribution is -2.04. The molecule has 3 nitrogen and oxygen atoms in total. The lowest BCUT2D eigenvalue weighted by Gasteiger charge is -2.11. The molecule has 0 radical (unpaired) electrons. The molecule has 0 aliphatic heterocycles. The minimum atomic E-state index is 0.758. The molecule has 0 bridgehead atoms. The van der Waals surface area contributed by atoms with Gasteiger partial charge in [-0.05, 0) is 36.2 Å². The van der Waals surface area contributed by atoms with Gasteiger partial charge in [-0.2, -0.15) is 0 Å². The summed E-state index contributed by atoms with van der Waals surface area (Å²) >= 11 is 0. The molecule has 3 heteroatoms. The van der Waals surface area contributed by atoms with Crippen molar-refractivity contribution in [2.45, 2.75) is 13.0 Å². The van der Waals surface area contributed by atoms with Gasteiger partial charge in [0.05, 0.1) is 11.0 Å². The second-order valence-corrected chi connectivity index (χ2v) is 5.90. The molecule has 3 aromatic carbocycles. The van der Waals surface area contributed by atoms with Crippen LogP contribution in [0.5, 0.6) is 0 Å².